The molecule has 1 saturated heterocycles. The molecule has 1 fully saturated rings. The van der Waals surface area contributed by atoms with Gasteiger partial charge in [0.15, 0.2) is 5.78 Å². The summed E-state index contributed by atoms with van der Waals surface area (Å²) >= 11 is 0. The molecule has 1 aliphatic carbocycles. The number of carbonyl (C=O) groups is 1. The molecule has 3 heteroatoms. The van der Waals surface area contributed by atoms with Gasteiger partial charge in [-0.2, -0.15) is 0 Å². The second-order valence-corrected chi connectivity index (χ2v) is 3.10. The van der Waals surface area contributed by atoms with Gasteiger partial charge in [0.1, 0.15) is 5.60 Å². The molecule has 60 valence electrons. The third-order valence-electron chi connectivity index (χ3n) is 2.32. The molecular formula is C8H10O3. The minimum absolute atomic E-state index is 0.0431. The first-order chi connectivity index (χ1) is 5.21. The summed E-state index contributed by atoms with van der Waals surface area (Å²) in [6.45, 7) is 0.554. The first-order valence-corrected chi connectivity index (χ1v) is 3.77. The highest BCUT2D eigenvalue weighted by molar-refractivity contribution is 5.91. The number of ketones is 1. The summed E-state index contributed by atoms with van der Waals surface area (Å²) in [5.41, 5.74) is -0.853. The highest BCUT2D eigenvalue weighted by Crippen LogP contribution is 2.32. The normalized spacial score (nSPS) is 42.6. The zero-order valence-corrected chi connectivity index (χ0v) is 6.12. The van der Waals surface area contributed by atoms with Crippen molar-refractivity contribution in [3.63, 3.8) is 0 Å². The second kappa shape index (κ2) is 2.16. The standard InChI is InChI=1S/C8H10O3/c9-6-1-2-8(10)3-4-11-7(8)5-6/h1-2,7,10H,3-5H2/t7-,8-/m0/s1. The summed E-state index contributed by atoms with van der Waals surface area (Å²) < 4.78 is 5.21. The van der Waals surface area contributed by atoms with Crippen LogP contribution in [0.25, 0.3) is 0 Å². The maximum atomic E-state index is 10.9. The fourth-order valence-corrected chi connectivity index (χ4v) is 1.58. The van der Waals surface area contributed by atoms with E-state index < -0.39 is 5.60 Å². The van der Waals surface area contributed by atoms with Crippen LogP contribution in [0, 0.1) is 0 Å². The fraction of sp³-hybridized carbons (Fsp3) is 0.625. The molecule has 0 radical (unpaired) electrons. The van der Waals surface area contributed by atoms with Gasteiger partial charge in [0, 0.05) is 12.8 Å². The van der Waals surface area contributed by atoms with Crippen LogP contribution in [0.2, 0.25) is 0 Å². The molecule has 0 saturated carbocycles. The molecule has 0 aromatic rings. The van der Waals surface area contributed by atoms with E-state index in [1.54, 1.807) is 6.08 Å². The first kappa shape index (κ1) is 7.00. The Kier molecular flexibility index (Phi) is 1.37. The Bertz CT molecular complexity index is 221. The highest BCUT2D eigenvalue weighted by atomic mass is 16.5. The van der Waals surface area contributed by atoms with E-state index in [1.165, 1.54) is 6.08 Å². The van der Waals surface area contributed by atoms with Gasteiger partial charge in [0.25, 0.3) is 0 Å². The van der Waals surface area contributed by atoms with Crippen LogP contribution < -0.4 is 0 Å². The molecule has 0 amide bonds. The van der Waals surface area contributed by atoms with Crippen molar-refractivity contribution in [3.8, 4) is 0 Å². The predicted molar refractivity (Wildman–Crippen MR) is 38.1 cm³/mol. The molecule has 3 nitrogen and oxygen atoms in total. The number of ether oxygens (including phenoxy) is 1. The SMILES string of the molecule is O=C1C=C[C@]2(O)CCO[C@H]2C1. The number of carbonyl (C=O) groups excluding carboxylic acids is 1. The van der Waals surface area contributed by atoms with Crippen LogP contribution in [-0.4, -0.2) is 29.2 Å². The Morgan fingerprint density at radius 1 is 1.73 bits per heavy atom. The molecule has 0 bridgehead atoms. The van der Waals surface area contributed by atoms with Crippen molar-refractivity contribution < 1.29 is 14.6 Å². The van der Waals surface area contributed by atoms with Crippen molar-refractivity contribution in [1.29, 1.82) is 0 Å². The molecule has 2 aliphatic rings. The number of allylic oxidation sites excluding steroid dienone is 1. The van der Waals surface area contributed by atoms with E-state index in [0.717, 1.165) is 0 Å². The molecule has 0 aromatic carbocycles. The van der Waals surface area contributed by atoms with E-state index in [4.69, 9.17) is 4.74 Å². The Hall–Kier alpha value is -0.670. The number of rotatable bonds is 0. The summed E-state index contributed by atoms with van der Waals surface area (Å²) in [7, 11) is 0. The second-order valence-electron chi connectivity index (χ2n) is 3.10. The summed E-state index contributed by atoms with van der Waals surface area (Å²) in [4.78, 5) is 10.9. The van der Waals surface area contributed by atoms with Gasteiger partial charge in [-0.3, -0.25) is 4.79 Å². The van der Waals surface area contributed by atoms with Gasteiger partial charge >= 0.3 is 0 Å². The molecular weight excluding hydrogens is 144 g/mol. The lowest BCUT2D eigenvalue weighted by Gasteiger charge is -2.27. The maximum absolute atomic E-state index is 10.9. The molecule has 1 N–H and O–H groups in total. The Labute approximate surface area is 64.7 Å². The van der Waals surface area contributed by atoms with Crippen molar-refractivity contribution in [2.24, 2.45) is 0 Å². The van der Waals surface area contributed by atoms with Crippen LogP contribution >= 0.6 is 0 Å². The van der Waals surface area contributed by atoms with E-state index in [9.17, 15) is 9.90 Å². The monoisotopic (exact) mass is 154 g/mol. The van der Waals surface area contributed by atoms with Crippen molar-refractivity contribution in [3.05, 3.63) is 12.2 Å². The summed E-state index contributed by atoms with van der Waals surface area (Å²) in [6, 6.07) is 0. The number of fused-ring (bicyclic) bond motifs is 1. The van der Waals surface area contributed by atoms with Gasteiger partial charge in [0.05, 0.1) is 12.7 Å². The van der Waals surface area contributed by atoms with E-state index >= 15 is 0 Å². The van der Waals surface area contributed by atoms with Crippen molar-refractivity contribution in [1.82, 2.24) is 0 Å². The number of aliphatic hydroxyl groups is 1. The Morgan fingerprint density at radius 3 is 3.36 bits per heavy atom. The van der Waals surface area contributed by atoms with Gasteiger partial charge in [-0.25, -0.2) is 0 Å². The quantitative estimate of drug-likeness (QED) is 0.535. The molecule has 0 spiro atoms. The van der Waals surface area contributed by atoms with E-state index in [-0.39, 0.29) is 11.9 Å². The van der Waals surface area contributed by atoms with Crippen molar-refractivity contribution in [2.45, 2.75) is 24.5 Å². The fourth-order valence-electron chi connectivity index (χ4n) is 1.58. The van der Waals surface area contributed by atoms with Gasteiger partial charge in [-0.15, -0.1) is 0 Å². The first-order valence-electron chi connectivity index (χ1n) is 3.77. The molecule has 1 aliphatic heterocycles. The van der Waals surface area contributed by atoms with Crippen molar-refractivity contribution in [2.75, 3.05) is 6.61 Å². The van der Waals surface area contributed by atoms with Crippen LogP contribution in [0.1, 0.15) is 12.8 Å². The van der Waals surface area contributed by atoms with Gasteiger partial charge in [-0.1, -0.05) is 0 Å². The molecule has 2 atom stereocenters. The van der Waals surface area contributed by atoms with Crippen LogP contribution in [0.15, 0.2) is 12.2 Å². The van der Waals surface area contributed by atoms with E-state index in [1.807, 2.05) is 0 Å². The lowest BCUT2D eigenvalue weighted by atomic mass is 9.87. The summed E-state index contributed by atoms with van der Waals surface area (Å²) in [5, 5.41) is 9.76. The third-order valence-corrected chi connectivity index (χ3v) is 2.32. The van der Waals surface area contributed by atoms with Crippen LogP contribution in [0.5, 0.6) is 0 Å². The largest absolute Gasteiger partial charge is 0.383 e. The van der Waals surface area contributed by atoms with Crippen LogP contribution in [0.3, 0.4) is 0 Å². The minimum Gasteiger partial charge on any atom is -0.383 e. The van der Waals surface area contributed by atoms with Crippen LogP contribution in [0.4, 0.5) is 0 Å². The predicted octanol–water partition coefficient (Wildman–Crippen LogP) is 0.0354. The lowest BCUT2D eigenvalue weighted by molar-refractivity contribution is -0.120. The molecule has 1 heterocycles. The zero-order valence-electron chi connectivity index (χ0n) is 6.12. The topological polar surface area (TPSA) is 46.5 Å². The molecule has 2 rings (SSSR count). The van der Waals surface area contributed by atoms with Gasteiger partial charge < -0.3 is 9.84 Å². The third kappa shape index (κ3) is 1.01. The molecule has 0 aromatic heterocycles. The van der Waals surface area contributed by atoms with Gasteiger partial charge in [-0.05, 0) is 12.2 Å². The average Bonchev–Trinajstić information content (AvgIpc) is 2.31. The lowest BCUT2D eigenvalue weighted by Crippen LogP contribution is -2.40. The zero-order chi connectivity index (χ0) is 7.90. The number of hydrogen-bond donors (Lipinski definition) is 1. The number of hydrogen-bond acceptors (Lipinski definition) is 3. The van der Waals surface area contributed by atoms with Crippen LogP contribution in [-0.2, 0) is 9.53 Å². The molecule has 0 unspecified atom stereocenters. The van der Waals surface area contributed by atoms with Crippen molar-refractivity contribution >= 4 is 5.78 Å². The highest BCUT2D eigenvalue weighted by Gasteiger charge is 2.43. The average molecular weight is 154 g/mol. The maximum Gasteiger partial charge on any atom is 0.158 e. The van der Waals surface area contributed by atoms with E-state index in [0.29, 0.717) is 19.4 Å². The molecule has 11 heavy (non-hydrogen) atoms. The van der Waals surface area contributed by atoms with E-state index in [2.05, 4.69) is 0 Å². The summed E-state index contributed by atoms with van der Waals surface area (Å²) in [6.07, 6.45) is 3.66. The Morgan fingerprint density at radius 2 is 2.55 bits per heavy atom. The minimum atomic E-state index is -0.853. The van der Waals surface area contributed by atoms with Gasteiger partial charge in [0.2, 0.25) is 0 Å². The smallest absolute Gasteiger partial charge is 0.158 e. The summed E-state index contributed by atoms with van der Waals surface area (Å²) in [5.74, 6) is 0.0431. The Balaban J connectivity index is 2.28.